The Morgan fingerprint density at radius 1 is 1.23 bits per heavy atom. The van der Waals surface area contributed by atoms with Crippen LogP contribution in [-0.4, -0.2) is 62.2 Å². The van der Waals surface area contributed by atoms with Crippen LogP contribution in [0.5, 0.6) is 0 Å². The summed E-state index contributed by atoms with van der Waals surface area (Å²) in [7, 11) is 1.82. The van der Waals surface area contributed by atoms with E-state index in [0.29, 0.717) is 17.9 Å². The van der Waals surface area contributed by atoms with Crippen molar-refractivity contribution in [1.82, 2.24) is 29.9 Å². The molecule has 8 nitrogen and oxygen atoms in total. The number of rotatable bonds is 5. The molecule has 26 heavy (non-hydrogen) atoms. The molecule has 0 radical (unpaired) electrons. The minimum atomic E-state index is 0.0999. The summed E-state index contributed by atoms with van der Waals surface area (Å²) < 4.78 is 7.67. The Bertz CT molecular complexity index is 851. The number of ether oxygens (including phenoxy) is 1. The van der Waals surface area contributed by atoms with Gasteiger partial charge >= 0.3 is 0 Å². The van der Waals surface area contributed by atoms with Crippen LogP contribution in [0.2, 0.25) is 0 Å². The van der Waals surface area contributed by atoms with Crippen molar-refractivity contribution in [2.24, 2.45) is 7.05 Å². The molecule has 1 fully saturated rings. The van der Waals surface area contributed by atoms with Crippen LogP contribution in [0, 0.1) is 0 Å². The monoisotopic (exact) mass is 353 g/mol. The maximum atomic E-state index is 6.02. The van der Waals surface area contributed by atoms with Crippen molar-refractivity contribution in [3.8, 4) is 0 Å². The Morgan fingerprint density at radius 3 is 3.00 bits per heavy atom. The van der Waals surface area contributed by atoms with Gasteiger partial charge in [-0.2, -0.15) is 0 Å². The SMILES string of the molecule is Cn1nnc2c(NCC3CN(Cc4ccccc4)CCCO3)ncnc21. The highest BCUT2D eigenvalue weighted by Gasteiger charge is 2.20. The molecule has 4 rings (SSSR count). The fourth-order valence-corrected chi connectivity index (χ4v) is 3.27. The lowest BCUT2D eigenvalue weighted by Gasteiger charge is -2.24. The number of hydrogen-bond acceptors (Lipinski definition) is 7. The van der Waals surface area contributed by atoms with Crippen LogP contribution >= 0.6 is 0 Å². The van der Waals surface area contributed by atoms with E-state index in [4.69, 9.17) is 4.74 Å². The maximum absolute atomic E-state index is 6.02. The van der Waals surface area contributed by atoms with Crippen LogP contribution in [0.4, 0.5) is 5.82 Å². The number of hydrogen-bond donors (Lipinski definition) is 1. The maximum Gasteiger partial charge on any atom is 0.183 e. The van der Waals surface area contributed by atoms with Gasteiger partial charge in [-0.25, -0.2) is 14.6 Å². The van der Waals surface area contributed by atoms with Crippen LogP contribution in [0.1, 0.15) is 12.0 Å². The van der Waals surface area contributed by atoms with Gasteiger partial charge in [0.1, 0.15) is 6.33 Å². The molecular weight excluding hydrogens is 330 g/mol. The molecule has 1 aliphatic rings. The third kappa shape index (κ3) is 3.81. The average Bonchev–Trinajstić information content (AvgIpc) is 2.91. The zero-order valence-corrected chi connectivity index (χ0v) is 14.9. The molecule has 0 saturated carbocycles. The molecule has 0 aliphatic carbocycles. The smallest absolute Gasteiger partial charge is 0.183 e. The molecule has 0 bridgehead atoms. The van der Waals surface area contributed by atoms with Crippen LogP contribution in [0.15, 0.2) is 36.7 Å². The second-order valence-corrected chi connectivity index (χ2v) is 6.56. The summed E-state index contributed by atoms with van der Waals surface area (Å²) in [4.78, 5) is 11.0. The first kappa shape index (κ1) is 16.9. The molecule has 1 N–H and O–H groups in total. The van der Waals surface area contributed by atoms with Crippen molar-refractivity contribution in [3.63, 3.8) is 0 Å². The Morgan fingerprint density at radius 2 is 2.12 bits per heavy atom. The molecule has 3 aromatic rings. The third-order valence-electron chi connectivity index (χ3n) is 4.57. The van der Waals surface area contributed by atoms with E-state index in [0.717, 1.165) is 38.3 Å². The fourth-order valence-electron chi connectivity index (χ4n) is 3.27. The van der Waals surface area contributed by atoms with Crippen molar-refractivity contribution in [2.75, 3.05) is 31.6 Å². The van der Waals surface area contributed by atoms with Gasteiger partial charge in [0.05, 0.1) is 6.10 Å². The van der Waals surface area contributed by atoms with Gasteiger partial charge in [-0.1, -0.05) is 35.5 Å². The normalized spacial score (nSPS) is 18.7. The molecule has 136 valence electrons. The van der Waals surface area contributed by atoms with E-state index in [9.17, 15) is 0 Å². The minimum Gasteiger partial charge on any atom is -0.375 e. The van der Waals surface area contributed by atoms with Crippen molar-refractivity contribution >= 4 is 17.0 Å². The minimum absolute atomic E-state index is 0.0999. The summed E-state index contributed by atoms with van der Waals surface area (Å²) in [5.74, 6) is 0.700. The topological polar surface area (TPSA) is 81.0 Å². The van der Waals surface area contributed by atoms with Crippen LogP contribution in [0.3, 0.4) is 0 Å². The highest BCUT2D eigenvalue weighted by molar-refractivity contribution is 5.81. The van der Waals surface area contributed by atoms with Gasteiger partial charge in [-0.15, -0.1) is 5.10 Å². The number of nitrogens with one attached hydrogen (secondary N) is 1. The van der Waals surface area contributed by atoms with Gasteiger partial charge in [0, 0.05) is 39.8 Å². The Kier molecular flexibility index (Phi) is 5.03. The lowest BCUT2D eigenvalue weighted by Crippen LogP contribution is -2.35. The number of anilines is 1. The Balaban J connectivity index is 1.40. The number of aromatic nitrogens is 5. The molecule has 1 aliphatic heterocycles. The van der Waals surface area contributed by atoms with E-state index in [1.807, 2.05) is 7.05 Å². The molecule has 8 heteroatoms. The second kappa shape index (κ2) is 7.76. The van der Waals surface area contributed by atoms with E-state index in [-0.39, 0.29) is 6.10 Å². The Labute approximate surface area is 152 Å². The summed E-state index contributed by atoms with van der Waals surface area (Å²) in [6.45, 7) is 4.34. The number of benzene rings is 1. The standard InChI is InChI=1S/C18H23N7O/c1-24-18-16(22-23-24)17(20-13-21-18)19-10-15-12-25(8-5-9-26-15)11-14-6-3-2-4-7-14/h2-4,6-7,13,15H,5,8-12H2,1H3,(H,19,20,21). The van der Waals surface area contributed by atoms with Gasteiger partial charge < -0.3 is 10.1 Å². The summed E-state index contributed by atoms with van der Waals surface area (Å²) in [5, 5.41) is 11.5. The highest BCUT2D eigenvalue weighted by atomic mass is 16.5. The first-order valence-electron chi connectivity index (χ1n) is 8.92. The predicted molar refractivity (Wildman–Crippen MR) is 98.7 cm³/mol. The predicted octanol–water partition coefficient (Wildman–Crippen LogP) is 1.46. The highest BCUT2D eigenvalue weighted by Crippen LogP contribution is 2.16. The number of nitrogens with zero attached hydrogens (tertiary/aromatic N) is 6. The molecule has 1 saturated heterocycles. The zero-order chi connectivity index (χ0) is 17.8. The van der Waals surface area contributed by atoms with Gasteiger partial charge in [-0.3, -0.25) is 4.90 Å². The van der Waals surface area contributed by atoms with Crippen molar-refractivity contribution in [1.29, 1.82) is 0 Å². The zero-order valence-electron chi connectivity index (χ0n) is 14.9. The van der Waals surface area contributed by atoms with Gasteiger partial charge in [0.25, 0.3) is 0 Å². The number of fused-ring (bicyclic) bond motifs is 1. The van der Waals surface area contributed by atoms with E-state index in [1.54, 1.807) is 4.68 Å². The van der Waals surface area contributed by atoms with Crippen LogP contribution < -0.4 is 5.32 Å². The van der Waals surface area contributed by atoms with Crippen molar-refractivity contribution in [2.45, 2.75) is 19.1 Å². The summed E-state index contributed by atoms with van der Waals surface area (Å²) in [6.07, 6.45) is 2.68. The molecular formula is C18H23N7O. The van der Waals surface area contributed by atoms with E-state index in [1.165, 1.54) is 11.9 Å². The molecule has 1 aromatic carbocycles. The molecule has 1 unspecified atom stereocenters. The average molecular weight is 353 g/mol. The van der Waals surface area contributed by atoms with Crippen LogP contribution in [-0.2, 0) is 18.3 Å². The largest absolute Gasteiger partial charge is 0.375 e. The lowest BCUT2D eigenvalue weighted by atomic mass is 10.2. The first-order chi connectivity index (χ1) is 12.8. The van der Waals surface area contributed by atoms with E-state index >= 15 is 0 Å². The second-order valence-electron chi connectivity index (χ2n) is 6.56. The quantitative estimate of drug-likeness (QED) is 0.744. The van der Waals surface area contributed by atoms with E-state index < -0.39 is 0 Å². The summed E-state index contributed by atoms with van der Waals surface area (Å²) in [6, 6.07) is 10.6. The fraction of sp³-hybridized carbons (Fsp3) is 0.444. The van der Waals surface area contributed by atoms with Gasteiger partial charge in [-0.05, 0) is 12.0 Å². The first-order valence-corrected chi connectivity index (χ1v) is 8.92. The molecule has 0 spiro atoms. The molecule has 2 aromatic heterocycles. The molecule has 3 heterocycles. The van der Waals surface area contributed by atoms with E-state index in [2.05, 4.69) is 60.8 Å². The van der Waals surface area contributed by atoms with Gasteiger partial charge in [0.15, 0.2) is 17.0 Å². The third-order valence-corrected chi connectivity index (χ3v) is 4.57. The summed E-state index contributed by atoms with van der Waals surface area (Å²) in [5.41, 5.74) is 2.73. The van der Waals surface area contributed by atoms with Crippen LogP contribution in [0.25, 0.3) is 11.2 Å². The number of aryl methyl sites for hydroxylation is 1. The summed E-state index contributed by atoms with van der Waals surface area (Å²) >= 11 is 0. The molecule has 0 amide bonds. The van der Waals surface area contributed by atoms with Gasteiger partial charge in [0.2, 0.25) is 0 Å². The van der Waals surface area contributed by atoms with Crippen molar-refractivity contribution < 1.29 is 4.74 Å². The van der Waals surface area contributed by atoms with Crippen molar-refractivity contribution in [3.05, 3.63) is 42.2 Å². The Hall–Kier alpha value is -2.58. The molecule has 1 atom stereocenters. The lowest BCUT2D eigenvalue weighted by molar-refractivity contribution is 0.0625.